The molecule has 1 heterocycles. The van der Waals surface area contributed by atoms with E-state index < -0.39 is 0 Å². The van der Waals surface area contributed by atoms with Crippen molar-refractivity contribution in [2.75, 3.05) is 5.73 Å². The largest absolute Gasteiger partial charge is 0.382 e. The van der Waals surface area contributed by atoms with Crippen LogP contribution in [0.15, 0.2) is 18.3 Å². The summed E-state index contributed by atoms with van der Waals surface area (Å²) in [6, 6.07) is 3.09. The Labute approximate surface area is 74.4 Å². The fourth-order valence-electron chi connectivity index (χ4n) is 1.24. The van der Waals surface area contributed by atoms with E-state index in [2.05, 4.69) is 10.2 Å². The lowest BCUT2D eigenvalue weighted by Crippen LogP contribution is -1.95. The standard InChI is InChI=1S/C9H8FN3/c1-5-2-6-4-12-13-9(11)7(6)3-8(5)10/h2-4H,1H3,(H2,11,13). The molecule has 0 aliphatic carbocycles. The summed E-state index contributed by atoms with van der Waals surface area (Å²) in [6.45, 7) is 1.70. The Morgan fingerprint density at radius 2 is 2.15 bits per heavy atom. The maximum absolute atomic E-state index is 13.1. The quantitative estimate of drug-likeness (QED) is 0.665. The van der Waals surface area contributed by atoms with Crippen molar-refractivity contribution in [3.05, 3.63) is 29.7 Å². The molecule has 0 unspecified atom stereocenters. The number of nitrogens with zero attached hydrogens (tertiary/aromatic N) is 2. The smallest absolute Gasteiger partial charge is 0.154 e. The predicted octanol–water partition coefficient (Wildman–Crippen LogP) is 1.66. The lowest BCUT2D eigenvalue weighted by Gasteiger charge is -2.01. The van der Waals surface area contributed by atoms with Gasteiger partial charge < -0.3 is 5.73 Å². The number of hydrogen-bond acceptors (Lipinski definition) is 3. The van der Waals surface area contributed by atoms with Gasteiger partial charge in [-0.3, -0.25) is 0 Å². The number of aromatic nitrogens is 2. The molecule has 0 aliphatic heterocycles. The minimum Gasteiger partial charge on any atom is -0.382 e. The lowest BCUT2D eigenvalue weighted by atomic mass is 10.1. The van der Waals surface area contributed by atoms with Gasteiger partial charge in [0, 0.05) is 10.8 Å². The van der Waals surface area contributed by atoms with Crippen molar-refractivity contribution in [2.24, 2.45) is 0 Å². The number of anilines is 1. The number of rotatable bonds is 0. The predicted molar refractivity (Wildman–Crippen MR) is 48.6 cm³/mol. The van der Waals surface area contributed by atoms with E-state index in [4.69, 9.17) is 5.73 Å². The first-order valence-electron chi connectivity index (χ1n) is 3.85. The summed E-state index contributed by atoms with van der Waals surface area (Å²) < 4.78 is 13.1. The van der Waals surface area contributed by atoms with E-state index in [1.54, 1.807) is 19.2 Å². The highest BCUT2D eigenvalue weighted by Crippen LogP contribution is 2.20. The molecule has 0 radical (unpaired) electrons. The third-order valence-electron chi connectivity index (χ3n) is 1.97. The van der Waals surface area contributed by atoms with Gasteiger partial charge in [0.25, 0.3) is 0 Å². The molecule has 0 aliphatic rings. The summed E-state index contributed by atoms with van der Waals surface area (Å²) in [4.78, 5) is 0. The zero-order valence-electron chi connectivity index (χ0n) is 7.08. The van der Waals surface area contributed by atoms with E-state index >= 15 is 0 Å². The van der Waals surface area contributed by atoms with Gasteiger partial charge in [-0.1, -0.05) is 0 Å². The second-order valence-corrected chi connectivity index (χ2v) is 2.92. The molecule has 0 bridgehead atoms. The van der Waals surface area contributed by atoms with Gasteiger partial charge in [-0.25, -0.2) is 4.39 Å². The van der Waals surface area contributed by atoms with Crippen LogP contribution in [-0.4, -0.2) is 10.2 Å². The van der Waals surface area contributed by atoms with Crippen molar-refractivity contribution in [3.63, 3.8) is 0 Å². The molecule has 4 heteroatoms. The fraction of sp³-hybridized carbons (Fsp3) is 0.111. The molecule has 2 rings (SSSR count). The first-order chi connectivity index (χ1) is 6.18. The molecule has 3 nitrogen and oxygen atoms in total. The van der Waals surface area contributed by atoms with Gasteiger partial charge in [-0.05, 0) is 24.6 Å². The van der Waals surface area contributed by atoms with E-state index in [0.29, 0.717) is 10.9 Å². The molecule has 0 saturated heterocycles. The molecule has 13 heavy (non-hydrogen) atoms. The SMILES string of the molecule is Cc1cc2cnnc(N)c2cc1F. The summed E-state index contributed by atoms with van der Waals surface area (Å²) in [5.74, 6) is -0.0106. The van der Waals surface area contributed by atoms with E-state index in [-0.39, 0.29) is 11.6 Å². The summed E-state index contributed by atoms with van der Waals surface area (Å²) in [6.07, 6.45) is 1.57. The van der Waals surface area contributed by atoms with Crippen LogP contribution in [0.25, 0.3) is 10.8 Å². The van der Waals surface area contributed by atoms with E-state index in [1.165, 1.54) is 6.07 Å². The zero-order chi connectivity index (χ0) is 9.42. The van der Waals surface area contributed by atoms with Crippen molar-refractivity contribution >= 4 is 16.6 Å². The van der Waals surface area contributed by atoms with E-state index in [1.807, 2.05) is 0 Å². The number of nitrogens with two attached hydrogens (primary N) is 1. The van der Waals surface area contributed by atoms with Crippen molar-refractivity contribution < 1.29 is 4.39 Å². The molecule has 2 N–H and O–H groups in total. The van der Waals surface area contributed by atoms with Crippen LogP contribution in [0.4, 0.5) is 10.2 Å². The van der Waals surface area contributed by atoms with Gasteiger partial charge in [-0.15, -0.1) is 5.10 Å². The highest BCUT2D eigenvalue weighted by molar-refractivity contribution is 5.90. The molecule has 0 spiro atoms. The second kappa shape index (κ2) is 2.65. The number of aryl methyl sites for hydroxylation is 1. The number of nitrogen functional groups attached to an aromatic ring is 1. The summed E-state index contributed by atoms with van der Waals surface area (Å²) in [5, 5.41) is 8.75. The molecular weight excluding hydrogens is 169 g/mol. The molecule has 1 aromatic carbocycles. The Kier molecular flexibility index (Phi) is 1.62. The summed E-state index contributed by atoms with van der Waals surface area (Å²) in [7, 11) is 0. The van der Waals surface area contributed by atoms with Gasteiger partial charge in [0.15, 0.2) is 5.82 Å². The average molecular weight is 177 g/mol. The van der Waals surface area contributed by atoms with Gasteiger partial charge in [-0.2, -0.15) is 5.10 Å². The van der Waals surface area contributed by atoms with Crippen molar-refractivity contribution in [2.45, 2.75) is 6.92 Å². The molecular formula is C9H8FN3. The van der Waals surface area contributed by atoms with Crippen LogP contribution in [-0.2, 0) is 0 Å². The van der Waals surface area contributed by atoms with Crippen LogP contribution in [0, 0.1) is 12.7 Å². The Morgan fingerprint density at radius 1 is 1.38 bits per heavy atom. The van der Waals surface area contributed by atoms with Crippen LogP contribution in [0.5, 0.6) is 0 Å². The zero-order valence-corrected chi connectivity index (χ0v) is 7.08. The first kappa shape index (κ1) is 7.91. The average Bonchev–Trinajstić information content (AvgIpc) is 2.09. The second-order valence-electron chi connectivity index (χ2n) is 2.92. The maximum atomic E-state index is 13.1. The highest BCUT2D eigenvalue weighted by atomic mass is 19.1. The fourth-order valence-corrected chi connectivity index (χ4v) is 1.24. The van der Waals surface area contributed by atoms with Gasteiger partial charge in [0.1, 0.15) is 5.82 Å². The van der Waals surface area contributed by atoms with E-state index in [0.717, 1.165) is 5.39 Å². The molecule has 0 fully saturated rings. The Hall–Kier alpha value is -1.71. The monoisotopic (exact) mass is 177 g/mol. The van der Waals surface area contributed by atoms with Crippen LogP contribution in [0.1, 0.15) is 5.56 Å². The van der Waals surface area contributed by atoms with Crippen LogP contribution < -0.4 is 5.73 Å². The number of fused-ring (bicyclic) bond motifs is 1. The van der Waals surface area contributed by atoms with Gasteiger partial charge in [0.05, 0.1) is 6.20 Å². The van der Waals surface area contributed by atoms with Crippen LogP contribution in [0.2, 0.25) is 0 Å². The first-order valence-corrected chi connectivity index (χ1v) is 3.85. The third kappa shape index (κ3) is 1.20. The number of benzene rings is 1. The number of hydrogen-bond donors (Lipinski definition) is 1. The Balaban J connectivity index is 2.89. The molecule has 0 amide bonds. The van der Waals surface area contributed by atoms with E-state index in [9.17, 15) is 4.39 Å². The number of halogens is 1. The van der Waals surface area contributed by atoms with Gasteiger partial charge >= 0.3 is 0 Å². The van der Waals surface area contributed by atoms with Crippen molar-refractivity contribution in [1.29, 1.82) is 0 Å². The maximum Gasteiger partial charge on any atom is 0.154 e. The summed E-state index contributed by atoms with van der Waals surface area (Å²) >= 11 is 0. The Bertz CT molecular complexity index is 468. The molecule has 0 saturated carbocycles. The van der Waals surface area contributed by atoms with Crippen molar-refractivity contribution in [3.8, 4) is 0 Å². The molecule has 0 atom stereocenters. The minimum atomic E-state index is -0.271. The van der Waals surface area contributed by atoms with Gasteiger partial charge in [0.2, 0.25) is 0 Å². The van der Waals surface area contributed by atoms with Crippen LogP contribution >= 0.6 is 0 Å². The third-order valence-corrected chi connectivity index (χ3v) is 1.97. The topological polar surface area (TPSA) is 51.8 Å². The van der Waals surface area contributed by atoms with Crippen molar-refractivity contribution in [1.82, 2.24) is 10.2 Å². The molecule has 2 aromatic rings. The minimum absolute atomic E-state index is 0.261. The normalized spacial score (nSPS) is 10.6. The molecule has 1 aromatic heterocycles. The molecule has 66 valence electrons. The Morgan fingerprint density at radius 3 is 2.92 bits per heavy atom. The summed E-state index contributed by atoms with van der Waals surface area (Å²) in [5.41, 5.74) is 6.12. The lowest BCUT2D eigenvalue weighted by molar-refractivity contribution is 0.620. The van der Waals surface area contributed by atoms with Crippen LogP contribution in [0.3, 0.4) is 0 Å². The highest BCUT2D eigenvalue weighted by Gasteiger charge is 2.03.